The van der Waals surface area contributed by atoms with E-state index in [-0.39, 0.29) is 30.3 Å². The molecule has 5 rings (SSSR count). The van der Waals surface area contributed by atoms with Gasteiger partial charge in [0.15, 0.2) is 0 Å². The summed E-state index contributed by atoms with van der Waals surface area (Å²) in [7, 11) is 0. The fraction of sp³-hybridized carbons (Fsp3) is 0.424. The van der Waals surface area contributed by atoms with Gasteiger partial charge in [-0.2, -0.15) is 0 Å². The van der Waals surface area contributed by atoms with E-state index in [1.807, 2.05) is 54.6 Å². The van der Waals surface area contributed by atoms with Crippen molar-refractivity contribution in [3.05, 3.63) is 108 Å². The van der Waals surface area contributed by atoms with Crippen molar-refractivity contribution in [3.63, 3.8) is 0 Å². The largest absolute Gasteiger partial charge is 0.374 e. The van der Waals surface area contributed by atoms with Gasteiger partial charge in [0.25, 0.3) is 0 Å². The summed E-state index contributed by atoms with van der Waals surface area (Å²) in [5, 5.41) is 0. The van der Waals surface area contributed by atoms with Crippen LogP contribution in [0.2, 0.25) is 0 Å². The van der Waals surface area contributed by atoms with Gasteiger partial charge in [0.1, 0.15) is 18.0 Å². The first-order chi connectivity index (χ1) is 18.8. The lowest BCUT2D eigenvalue weighted by molar-refractivity contribution is -0.229. The Morgan fingerprint density at radius 2 is 1.29 bits per heavy atom. The molecule has 1 saturated carbocycles. The van der Waals surface area contributed by atoms with Crippen molar-refractivity contribution >= 4 is 5.78 Å². The van der Waals surface area contributed by atoms with Crippen LogP contribution in [0.5, 0.6) is 0 Å². The zero-order valence-electron chi connectivity index (χ0n) is 22.0. The van der Waals surface area contributed by atoms with Crippen LogP contribution < -0.4 is 0 Å². The molecule has 5 atom stereocenters. The quantitative estimate of drug-likeness (QED) is 0.301. The number of ketones is 1. The molecule has 1 aliphatic carbocycles. The van der Waals surface area contributed by atoms with Gasteiger partial charge in [-0.05, 0) is 29.5 Å². The van der Waals surface area contributed by atoms with Crippen LogP contribution in [0, 0.1) is 5.92 Å². The van der Waals surface area contributed by atoms with Crippen LogP contribution in [-0.2, 0) is 43.6 Å². The minimum Gasteiger partial charge on any atom is -0.374 e. The van der Waals surface area contributed by atoms with Gasteiger partial charge in [-0.3, -0.25) is 4.79 Å². The van der Waals surface area contributed by atoms with E-state index in [9.17, 15) is 4.79 Å². The molecule has 0 amide bonds. The second-order valence-electron chi connectivity index (χ2n) is 10.4. The van der Waals surface area contributed by atoms with E-state index in [0.29, 0.717) is 45.1 Å². The first kappa shape index (κ1) is 26.8. The average molecular weight is 515 g/mol. The number of hydrogen-bond donors (Lipinski definition) is 0. The molecule has 0 aromatic heterocycles. The smallest absolute Gasteiger partial charge is 0.138 e. The minimum absolute atomic E-state index is 0.0849. The molecule has 1 aliphatic heterocycles. The maximum atomic E-state index is 12.9. The molecule has 0 spiro atoms. The Balaban J connectivity index is 1.34. The second-order valence-corrected chi connectivity index (χ2v) is 10.4. The van der Waals surface area contributed by atoms with Gasteiger partial charge in [0, 0.05) is 18.8 Å². The van der Waals surface area contributed by atoms with Crippen molar-refractivity contribution in [2.24, 2.45) is 5.92 Å². The lowest BCUT2D eigenvalue weighted by Crippen LogP contribution is -2.55. The van der Waals surface area contributed by atoms with E-state index in [1.54, 1.807) is 0 Å². The van der Waals surface area contributed by atoms with Crippen LogP contribution in [0.4, 0.5) is 0 Å². The third-order valence-corrected chi connectivity index (χ3v) is 7.58. The topological polar surface area (TPSA) is 54.0 Å². The molecule has 0 bridgehead atoms. The number of carbonyl (C=O) groups is 1. The van der Waals surface area contributed by atoms with Crippen LogP contribution in [-0.4, -0.2) is 36.8 Å². The van der Waals surface area contributed by atoms with Crippen molar-refractivity contribution in [1.29, 1.82) is 0 Å². The normalized spacial score (nSPS) is 25.8. The van der Waals surface area contributed by atoms with Crippen molar-refractivity contribution in [1.82, 2.24) is 0 Å². The third-order valence-electron chi connectivity index (χ3n) is 7.58. The lowest BCUT2D eigenvalue weighted by Gasteiger charge is -2.44. The molecular formula is C33H38O5. The van der Waals surface area contributed by atoms with Crippen LogP contribution >= 0.6 is 0 Å². The zero-order valence-corrected chi connectivity index (χ0v) is 22.0. The molecule has 1 heterocycles. The number of benzene rings is 3. The summed E-state index contributed by atoms with van der Waals surface area (Å²) >= 11 is 0. The number of carbonyl (C=O) groups excluding carboxylic acids is 1. The van der Waals surface area contributed by atoms with E-state index < -0.39 is 0 Å². The Labute approximate surface area is 226 Å². The fourth-order valence-electron chi connectivity index (χ4n) is 5.55. The monoisotopic (exact) mass is 514 g/mol. The van der Waals surface area contributed by atoms with Crippen molar-refractivity contribution in [3.8, 4) is 0 Å². The molecule has 38 heavy (non-hydrogen) atoms. The fourth-order valence-corrected chi connectivity index (χ4v) is 5.55. The van der Waals surface area contributed by atoms with Crippen LogP contribution in [0.25, 0.3) is 0 Å². The van der Waals surface area contributed by atoms with E-state index in [1.165, 1.54) is 0 Å². The van der Waals surface area contributed by atoms with Crippen molar-refractivity contribution < 1.29 is 23.7 Å². The highest BCUT2D eigenvalue weighted by molar-refractivity contribution is 5.82. The summed E-state index contributed by atoms with van der Waals surface area (Å²) < 4.78 is 25.9. The van der Waals surface area contributed by atoms with Gasteiger partial charge in [0.05, 0.1) is 38.6 Å². The highest BCUT2D eigenvalue weighted by Gasteiger charge is 2.45. The van der Waals surface area contributed by atoms with Gasteiger partial charge >= 0.3 is 0 Å². The molecular weight excluding hydrogens is 476 g/mol. The summed E-state index contributed by atoms with van der Waals surface area (Å²) in [6.07, 6.45) is 3.14. The predicted octanol–water partition coefficient (Wildman–Crippen LogP) is 6.29. The standard InChI is InChI=1S/C33H38O5/c34-29-19-11-10-18-28(29)30-20-31(36-22-26-14-6-2-7-15-26)33(37-23-27-16-8-3-9-17-27)32(38-30)24-35-21-25-12-4-1-5-13-25/h1-9,12-17,28,30-33H,10-11,18-24H2/t28?,30-,31-,32-,33+/m1/s1. The minimum atomic E-state index is -0.336. The predicted molar refractivity (Wildman–Crippen MR) is 146 cm³/mol. The number of rotatable bonds is 11. The SMILES string of the molecule is O=C1CCCCC1[C@H]1C[C@@H](OCc2ccccc2)[C@H](OCc2ccccc2)[C@@H](COCc2ccccc2)O1. The van der Waals surface area contributed by atoms with Gasteiger partial charge < -0.3 is 18.9 Å². The molecule has 200 valence electrons. The molecule has 0 N–H and O–H groups in total. The Hall–Kier alpha value is -2.83. The van der Waals surface area contributed by atoms with Gasteiger partial charge in [-0.15, -0.1) is 0 Å². The highest BCUT2D eigenvalue weighted by atomic mass is 16.6. The van der Waals surface area contributed by atoms with Crippen LogP contribution in [0.3, 0.4) is 0 Å². The van der Waals surface area contributed by atoms with Crippen LogP contribution in [0.1, 0.15) is 48.8 Å². The molecule has 1 unspecified atom stereocenters. The van der Waals surface area contributed by atoms with E-state index >= 15 is 0 Å². The van der Waals surface area contributed by atoms with Gasteiger partial charge in [-0.1, -0.05) is 97.4 Å². The molecule has 3 aromatic carbocycles. The van der Waals surface area contributed by atoms with E-state index in [4.69, 9.17) is 18.9 Å². The molecule has 5 nitrogen and oxygen atoms in total. The lowest BCUT2D eigenvalue weighted by atomic mass is 9.80. The third kappa shape index (κ3) is 7.39. The Morgan fingerprint density at radius 3 is 1.89 bits per heavy atom. The summed E-state index contributed by atoms with van der Waals surface area (Å²) in [6, 6.07) is 30.5. The van der Waals surface area contributed by atoms with Gasteiger partial charge in [0.2, 0.25) is 0 Å². The summed E-state index contributed by atoms with van der Waals surface area (Å²) in [6.45, 7) is 1.81. The first-order valence-corrected chi connectivity index (χ1v) is 13.9. The Morgan fingerprint density at radius 1 is 0.711 bits per heavy atom. The van der Waals surface area contributed by atoms with Crippen molar-refractivity contribution in [2.75, 3.05) is 6.61 Å². The summed E-state index contributed by atoms with van der Waals surface area (Å²) in [4.78, 5) is 12.9. The molecule has 5 heteroatoms. The molecule has 2 fully saturated rings. The highest BCUT2D eigenvalue weighted by Crippen LogP contribution is 2.35. The summed E-state index contributed by atoms with van der Waals surface area (Å²) in [5.74, 6) is 0.230. The maximum Gasteiger partial charge on any atom is 0.138 e. The number of hydrogen-bond acceptors (Lipinski definition) is 5. The number of ether oxygens (including phenoxy) is 4. The molecule has 3 aromatic rings. The van der Waals surface area contributed by atoms with E-state index in [0.717, 1.165) is 36.0 Å². The molecule has 2 aliphatic rings. The van der Waals surface area contributed by atoms with Crippen molar-refractivity contribution in [2.45, 2.75) is 76.3 Å². The Bertz CT molecular complexity index is 1100. The van der Waals surface area contributed by atoms with Crippen LogP contribution in [0.15, 0.2) is 91.0 Å². The maximum absolute atomic E-state index is 12.9. The number of Topliss-reactive ketones (excluding diaryl/α,β-unsaturated/α-hetero) is 1. The Kier molecular flexibility index (Phi) is 9.73. The second kappa shape index (κ2) is 13.8. The molecule has 1 saturated heterocycles. The van der Waals surface area contributed by atoms with Gasteiger partial charge in [-0.25, -0.2) is 0 Å². The zero-order chi connectivity index (χ0) is 26.0. The molecule has 0 radical (unpaired) electrons. The average Bonchev–Trinajstić information content (AvgIpc) is 2.97. The first-order valence-electron chi connectivity index (χ1n) is 13.9. The summed E-state index contributed by atoms with van der Waals surface area (Å²) in [5.41, 5.74) is 3.33. The van der Waals surface area contributed by atoms with E-state index in [2.05, 4.69) is 36.4 Å².